The number of carbonyl (C=O) groups excluding carboxylic acids is 1. The van der Waals surface area contributed by atoms with Gasteiger partial charge < -0.3 is 14.7 Å². The van der Waals surface area contributed by atoms with Crippen molar-refractivity contribution in [2.75, 3.05) is 11.4 Å². The first-order valence-electron chi connectivity index (χ1n) is 9.82. The summed E-state index contributed by atoms with van der Waals surface area (Å²) in [5, 5.41) is 20.6. The van der Waals surface area contributed by atoms with Crippen molar-refractivity contribution in [2.24, 2.45) is 0 Å². The van der Waals surface area contributed by atoms with Crippen LogP contribution < -0.4 is 9.64 Å². The van der Waals surface area contributed by atoms with E-state index in [-0.39, 0.29) is 34.5 Å². The number of thiazole rings is 1. The van der Waals surface area contributed by atoms with Crippen molar-refractivity contribution in [3.63, 3.8) is 0 Å². The molecule has 4 aromatic rings. The monoisotopic (exact) mass is 495 g/mol. The Kier molecular flexibility index (Phi) is 5.54. The number of aliphatic hydroxyl groups is 1. The van der Waals surface area contributed by atoms with Crippen molar-refractivity contribution in [1.29, 1.82) is 5.41 Å². The smallest absolute Gasteiger partial charge is 0.343 e. The lowest BCUT2D eigenvalue weighted by atomic mass is 10.2. The number of nitrogens with one attached hydrogen (secondary N) is 1. The molecule has 0 aliphatic carbocycles. The number of esters is 1. The molecule has 1 aliphatic heterocycles. The Morgan fingerprint density at radius 1 is 1.09 bits per heavy atom. The number of aliphatic hydroxyl groups excluding tert-OH is 1. The molecule has 5 rings (SSSR count). The second kappa shape index (κ2) is 8.51. The number of para-hydroxylation sites is 1. The molecule has 1 aromatic heterocycles. The number of carbonyl (C=O) groups is 1. The Hall–Kier alpha value is -3.39. The van der Waals surface area contributed by atoms with Crippen LogP contribution in [0.1, 0.15) is 15.4 Å². The van der Waals surface area contributed by atoms with Crippen LogP contribution in [0.15, 0.2) is 72.5 Å². The molecule has 0 unspecified atom stereocenters. The highest BCUT2D eigenvalue weighted by Crippen LogP contribution is 2.35. The normalized spacial score (nSPS) is 13.8. The molecule has 0 atom stereocenters. The number of rotatable bonds is 4. The fourth-order valence-electron chi connectivity index (χ4n) is 3.52. The Bertz CT molecular complexity index is 1430. The first kappa shape index (κ1) is 21.5. The number of nitrogens with zero attached hydrogens (tertiary/aromatic N) is 2. The van der Waals surface area contributed by atoms with Gasteiger partial charge in [-0.25, -0.2) is 9.78 Å². The molecule has 0 saturated carbocycles. The molecule has 6 nitrogen and oxygen atoms in total. The zero-order chi connectivity index (χ0) is 23.1. The largest absolute Gasteiger partial charge is 0.510 e. The van der Waals surface area contributed by atoms with E-state index in [2.05, 4.69) is 4.98 Å². The topological polar surface area (TPSA) is 86.5 Å². The number of hydrogen-bond acceptors (Lipinski definition) is 6. The summed E-state index contributed by atoms with van der Waals surface area (Å²) in [6, 6.07) is 18.9. The highest BCUT2D eigenvalue weighted by atomic mass is 35.5. The maximum Gasteiger partial charge on any atom is 0.343 e. The molecule has 2 N–H and O–H groups in total. The summed E-state index contributed by atoms with van der Waals surface area (Å²) >= 11 is 13.5. The minimum absolute atomic E-state index is 0.0535. The van der Waals surface area contributed by atoms with Gasteiger partial charge >= 0.3 is 5.97 Å². The number of aromatic nitrogens is 1. The van der Waals surface area contributed by atoms with Gasteiger partial charge in [0, 0.05) is 16.8 Å². The summed E-state index contributed by atoms with van der Waals surface area (Å²) in [7, 11) is 0. The Balaban J connectivity index is 1.40. The van der Waals surface area contributed by atoms with Crippen LogP contribution in [0.4, 0.5) is 5.69 Å². The number of ether oxygens (including phenoxy) is 1. The van der Waals surface area contributed by atoms with Crippen LogP contribution in [0.5, 0.6) is 5.75 Å². The van der Waals surface area contributed by atoms with Crippen LogP contribution in [0, 0.1) is 5.41 Å². The quantitative estimate of drug-likeness (QED) is 0.246. The van der Waals surface area contributed by atoms with E-state index in [9.17, 15) is 9.90 Å². The van der Waals surface area contributed by atoms with E-state index >= 15 is 0 Å². The molecule has 164 valence electrons. The molecule has 0 spiro atoms. The fraction of sp³-hybridized carbons (Fsp3) is 0.0417. The zero-order valence-corrected chi connectivity index (χ0v) is 19.2. The van der Waals surface area contributed by atoms with Crippen molar-refractivity contribution in [2.45, 2.75) is 0 Å². The van der Waals surface area contributed by atoms with E-state index in [4.69, 9.17) is 33.3 Å². The highest BCUT2D eigenvalue weighted by molar-refractivity contribution is 7.19. The molecular weight excluding hydrogens is 481 g/mol. The maximum atomic E-state index is 12.7. The lowest BCUT2D eigenvalue weighted by Gasteiger charge is -2.19. The Morgan fingerprint density at radius 3 is 2.73 bits per heavy atom. The van der Waals surface area contributed by atoms with Crippen LogP contribution in [0.3, 0.4) is 0 Å². The van der Waals surface area contributed by atoms with Gasteiger partial charge in [-0.1, -0.05) is 41.4 Å². The Labute approximate surface area is 202 Å². The molecule has 0 fully saturated rings. The molecule has 0 bridgehead atoms. The average Bonchev–Trinajstić information content (AvgIpc) is 3.36. The van der Waals surface area contributed by atoms with Crippen molar-refractivity contribution in [1.82, 2.24) is 4.98 Å². The van der Waals surface area contributed by atoms with Crippen molar-refractivity contribution in [3.05, 3.63) is 93.1 Å². The molecule has 9 heteroatoms. The van der Waals surface area contributed by atoms with Crippen molar-refractivity contribution in [3.8, 4) is 5.75 Å². The van der Waals surface area contributed by atoms with Crippen LogP contribution in [-0.2, 0) is 0 Å². The third-order valence-electron chi connectivity index (χ3n) is 5.10. The van der Waals surface area contributed by atoms with Crippen molar-refractivity contribution < 1.29 is 14.6 Å². The number of halogens is 2. The number of hydrogen-bond donors (Lipinski definition) is 2. The number of anilines is 1. The van der Waals surface area contributed by atoms with Gasteiger partial charge in [0.15, 0.2) is 5.75 Å². The summed E-state index contributed by atoms with van der Waals surface area (Å²) < 4.78 is 6.38. The second-order valence-corrected chi connectivity index (χ2v) is 9.13. The summed E-state index contributed by atoms with van der Waals surface area (Å²) in [5.41, 5.74) is 2.03. The highest BCUT2D eigenvalue weighted by Gasteiger charge is 2.31. The van der Waals surface area contributed by atoms with Crippen LogP contribution in [0.2, 0.25) is 10.0 Å². The summed E-state index contributed by atoms with van der Waals surface area (Å²) in [6.07, 6.45) is 0. The first-order chi connectivity index (χ1) is 15.9. The van der Waals surface area contributed by atoms with Gasteiger partial charge in [-0.3, -0.25) is 5.41 Å². The minimum Gasteiger partial charge on any atom is -0.510 e. The lowest BCUT2D eigenvalue weighted by molar-refractivity contribution is 0.0735. The SMILES string of the molecule is N=C1C(c2nc3ccccc3s2)=C(O)CN1c1cccc(C(=O)Oc2cc(Cl)ccc2Cl)c1. The van der Waals surface area contributed by atoms with E-state index < -0.39 is 5.97 Å². The van der Waals surface area contributed by atoms with Gasteiger partial charge in [-0.05, 0) is 42.5 Å². The van der Waals surface area contributed by atoms with Gasteiger partial charge in [0.2, 0.25) is 0 Å². The first-order valence-corrected chi connectivity index (χ1v) is 11.4. The van der Waals surface area contributed by atoms with E-state index in [1.54, 1.807) is 41.3 Å². The second-order valence-electron chi connectivity index (χ2n) is 7.26. The third-order valence-corrected chi connectivity index (χ3v) is 6.70. The van der Waals surface area contributed by atoms with E-state index in [0.717, 1.165) is 10.2 Å². The van der Waals surface area contributed by atoms with E-state index in [1.807, 2.05) is 24.3 Å². The number of amidine groups is 1. The van der Waals surface area contributed by atoms with E-state index in [1.165, 1.54) is 17.4 Å². The molecule has 1 aliphatic rings. The van der Waals surface area contributed by atoms with Crippen LogP contribution in [-0.4, -0.2) is 28.4 Å². The van der Waals surface area contributed by atoms with Gasteiger partial charge in [-0.15, -0.1) is 11.3 Å². The van der Waals surface area contributed by atoms with Gasteiger partial charge in [-0.2, -0.15) is 0 Å². The van der Waals surface area contributed by atoms with Gasteiger partial charge in [0.05, 0.1) is 32.9 Å². The molecule has 3 aromatic carbocycles. The molecule has 0 amide bonds. The Morgan fingerprint density at radius 2 is 1.91 bits per heavy atom. The predicted molar refractivity (Wildman–Crippen MR) is 132 cm³/mol. The predicted octanol–water partition coefficient (Wildman–Crippen LogP) is 6.59. The van der Waals surface area contributed by atoms with E-state index in [0.29, 0.717) is 21.3 Å². The average molecular weight is 496 g/mol. The lowest BCUT2D eigenvalue weighted by Crippen LogP contribution is -2.26. The van der Waals surface area contributed by atoms with Gasteiger partial charge in [0.1, 0.15) is 16.6 Å². The third kappa shape index (κ3) is 4.06. The van der Waals surface area contributed by atoms with Crippen molar-refractivity contribution >= 4 is 67.8 Å². The fourth-order valence-corrected chi connectivity index (χ4v) is 4.87. The maximum absolute atomic E-state index is 12.7. The number of fused-ring (bicyclic) bond motifs is 1. The molecule has 0 saturated heterocycles. The summed E-state index contributed by atoms with van der Waals surface area (Å²) in [5.74, 6) is -0.297. The molecule has 33 heavy (non-hydrogen) atoms. The van der Waals surface area contributed by atoms with Crippen LogP contribution in [0.25, 0.3) is 15.8 Å². The number of benzene rings is 3. The summed E-state index contributed by atoms with van der Waals surface area (Å²) in [6.45, 7) is 0.0999. The molecule has 0 radical (unpaired) electrons. The zero-order valence-electron chi connectivity index (χ0n) is 16.9. The molecular formula is C24H15Cl2N3O3S. The minimum atomic E-state index is -0.615. The molecule has 2 heterocycles. The standard InChI is InChI=1S/C24H15Cl2N3O3S/c25-14-8-9-16(26)19(11-14)32-24(31)13-4-3-5-15(10-13)29-12-18(30)21(22(29)27)23-28-17-6-1-2-7-20(17)33-23/h1-11,27,30H,12H2. The van der Waals surface area contributed by atoms with Crippen LogP contribution >= 0.6 is 34.5 Å². The van der Waals surface area contributed by atoms with Gasteiger partial charge in [0.25, 0.3) is 0 Å². The summed E-state index contributed by atoms with van der Waals surface area (Å²) in [4.78, 5) is 18.9.